The Labute approximate surface area is 97.5 Å². The zero-order valence-corrected chi connectivity index (χ0v) is 9.93. The third-order valence-electron chi connectivity index (χ3n) is 1.85. The van der Waals surface area contributed by atoms with E-state index in [1.807, 2.05) is 0 Å². The van der Waals surface area contributed by atoms with Crippen molar-refractivity contribution in [3.05, 3.63) is 23.8 Å². The maximum atomic E-state index is 12.4. The van der Waals surface area contributed by atoms with E-state index >= 15 is 0 Å². The first-order chi connectivity index (χ1) is 7.35. The van der Waals surface area contributed by atoms with Crippen LogP contribution in [0.25, 0.3) is 0 Å². The number of benzene rings is 1. The van der Waals surface area contributed by atoms with Crippen LogP contribution in [0.1, 0.15) is 10.4 Å². The Morgan fingerprint density at radius 1 is 1.24 bits per heavy atom. The van der Waals surface area contributed by atoms with Crippen LogP contribution in [0.3, 0.4) is 0 Å². The molecule has 2 nitrogen and oxygen atoms in total. The summed E-state index contributed by atoms with van der Waals surface area (Å²) in [6.45, 7) is 0. The van der Waals surface area contributed by atoms with E-state index in [0.717, 1.165) is 0 Å². The highest BCUT2D eigenvalue weighted by Gasteiger charge is 2.65. The van der Waals surface area contributed by atoms with Gasteiger partial charge in [0.25, 0.3) is 0 Å². The van der Waals surface area contributed by atoms with E-state index in [9.17, 15) is 24.2 Å². The van der Waals surface area contributed by atoms with Gasteiger partial charge in [-0.25, -0.2) is 4.79 Å². The van der Waals surface area contributed by atoms with E-state index in [0.29, 0.717) is 17.8 Å². The fourth-order valence-electron chi connectivity index (χ4n) is 1.09. The summed E-state index contributed by atoms with van der Waals surface area (Å²) in [5, 5.41) is 8.65. The molecule has 0 saturated heterocycles. The summed E-state index contributed by atoms with van der Waals surface area (Å²) < 4.78 is 62.2. The van der Waals surface area contributed by atoms with Gasteiger partial charge in [-0.2, -0.15) is 0 Å². The predicted molar refractivity (Wildman–Crippen MR) is 56.6 cm³/mol. The minimum atomic E-state index is -9.75. The van der Waals surface area contributed by atoms with E-state index in [2.05, 4.69) is 0 Å². The van der Waals surface area contributed by atoms with E-state index in [1.165, 1.54) is 6.26 Å². The molecule has 9 heteroatoms. The number of carboxylic acids is 1. The van der Waals surface area contributed by atoms with Crippen LogP contribution in [-0.4, -0.2) is 17.3 Å². The number of hydrogen-bond donors (Lipinski definition) is 1. The Hall–Kier alpha value is -0.960. The Bertz CT molecular complexity index is 482. The lowest BCUT2D eigenvalue weighted by molar-refractivity contribution is 0.0692. The molecule has 1 rings (SSSR count). The van der Waals surface area contributed by atoms with Crippen molar-refractivity contribution in [3.63, 3.8) is 0 Å². The molecule has 0 bridgehead atoms. The molecule has 1 aromatic carbocycles. The van der Waals surface area contributed by atoms with Gasteiger partial charge in [0.15, 0.2) is 0 Å². The Morgan fingerprint density at radius 3 is 2.12 bits per heavy atom. The van der Waals surface area contributed by atoms with Crippen molar-refractivity contribution in [2.75, 3.05) is 6.26 Å². The van der Waals surface area contributed by atoms with Gasteiger partial charge >= 0.3 is 16.2 Å². The largest absolute Gasteiger partial charge is 0.478 e. The van der Waals surface area contributed by atoms with Crippen molar-refractivity contribution in [2.45, 2.75) is 9.79 Å². The summed E-state index contributed by atoms with van der Waals surface area (Å²) in [6, 6.07) is 0.780. The first-order valence-corrected chi connectivity index (χ1v) is 7.18. The number of aromatic carboxylic acids is 1. The van der Waals surface area contributed by atoms with Gasteiger partial charge < -0.3 is 5.11 Å². The summed E-state index contributed by atoms with van der Waals surface area (Å²) in [5.74, 6) is -1.47. The number of rotatable bonds is 3. The normalized spacial score (nSPS) is 16.1. The average Bonchev–Trinajstić information content (AvgIpc) is 2.13. The average molecular weight is 294 g/mol. The molecule has 0 saturated carbocycles. The second-order valence-electron chi connectivity index (χ2n) is 3.14. The number of thioether (sulfide) groups is 1. The van der Waals surface area contributed by atoms with Crippen molar-refractivity contribution >= 4 is 28.0 Å². The molecular weight excluding hydrogens is 287 g/mol. The summed E-state index contributed by atoms with van der Waals surface area (Å²) in [4.78, 5) is 8.19. The quantitative estimate of drug-likeness (QED) is 0.645. The van der Waals surface area contributed by atoms with Crippen LogP contribution in [0.4, 0.5) is 19.4 Å². The molecule has 0 aromatic heterocycles. The summed E-state index contributed by atoms with van der Waals surface area (Å²) in [5.41, 5.74) is -0.442. The maximum absolute atomic E-state index is 12.4. The van der Waals surface area contributed by atoms with Crippen molar-refractivity contribution in [2.24, 2.45) is 0 Å². The monoisotopic (exact) mass is 294 g/mol. The second kappa shape index (κ2) is 3.29. The molecule has 0 spiro atoms. The molecule has 0 fully saturated rings. The lowest BCUT2D eigenvalue weighted by atomic mass is 10.2. The molecule has 0 aliphatic heterocycles. The smallest absolute Gasteiger partial charge is 0.336 e. The van der Waals surface area contributed by atoms with Crippen molar-refractivity contribution < 1.29 is 29.3 Å². The van der Waals surface area contributed by atoms with Crippen LogP contribution in [0.15, 0.2) is 28.0 Å². The van der Waals surface area contributed by atoms with Gasteiger partial charge in [0.1, 0.15) is 4.90 Å². The molecule has 0 atom stereocenters. The van der Waals surface area contributed by atoms with Gasteiger partial charge in [0.2, 0.25) is 0 Å². The first kappa shape index (κ1) is 14.1. The highest BCUT2D eigenvalue weighted by atomic mass is 32.5. The number of carbonyl (C=O) groups is 1. The Kier molecular flexibility index (Phi) is 2.73. The minimum Gasteiger partial charge on any atom is -0.478 e. The van der Waals surface area contributed by atoms with Crippen LogP contribution >= 0.6 is 22.0 Å². The molecule has 1 aromatic rings. The fraction of sp³-hybridized carbons (Fsp3) is 0.125. The molecule has 1 N–H and O–H groups in total. The van der Waals surface area contributed by atoms with Gasteiger partial charge in [0.05, 0.1) is 5.56 Å². The molecule has 0 amide bonds. The molecule has 0 radical (unpaired) electrons. The summed E-state index contributed by atoms with van der Waals surface area (Å²) in [6.07, 6.45) is 1.30. The standard InChI is InChI=1S/C8H7F5O2S2/c1-16-7-4-5(17(9,10,11,12)13)2-3-6(7)8(14)15/h2-4H,1H3,(H,14,15). The van der Waals surface area contributed by atoms with Crippen molar-refractivity contribution in [1.29, 1.82) is 0 Å². The van der Waals surface area contributed by atoms with Gasteiger partial charge in [-0.15, -0.1) is 11.8 Å². The number of halogens is 5. The molecule has 0 aliphatic rings. The predicted octanol–water partition coefficient (Wildman–Crippen LogP) is 4.76. The van der Waals surface area contributed by atoms with Crippen molar-refractivity contribution in [1.82, 2.24) is 0 Å². The molecule has 17 heavy (non-hydrogen) atoms. The highest BCUT2D eigenvalue weighted by molar-refractivity contribution is 8.45. The van der Waals surface area contributed by atoms with E-state index in [1.54, 1.807) is 0 Å². The first-order valence-electron chi connectivity index (χ1n) is 4.00. The fourth-order valence-corrected chi connectivity index (χ4v) is 2.45. The highest BCUT2D eigenvalue weighted by Crippen LogP contribution is 3.02. The topological polar surface area (TPSA) is 37.3 Å². The summed E-state index contributed by atoms with van der Waals surface area (Å²) in [7, 11) is -9.75. The third-order valence-corrected chi connectivity index (χ3v) is 3.77. The van der Waals surface area contributed by atoms with Crippen LogP contribution in [0.5, 0.6) is 0 Å². The van der Waals surface area contributed by atoms with Gasteiger partial charge in [-0.1, -0.05) is 19.4 Å². The third kappa shape index (κ3) is 3.25. The molecule has 98 valence electrons. The Balaban J connectivity index is 3.50. The van der Waals surface area contributed by atoms with Crippen LogP contribution in [-0.2, 0) is 0 Å². The van der Waals surface area contributed by atoms with E-state index in [4.69, 9.17) is 5.11 Å². The maximum Gasteiger partial charge on any atom is 0.336 e. The van der Waals surface area contributed by atoms with Crippen LogP contribution < -0.4 is 0 Å². The molecule has 0 aliphatic carbocycles. The number of carboxylic acid groups (broad SMARTS) is 1. The van der Waals surface area contributed by atoms with Gasteiger partial charge in [-0.05, 0) is 24.5 Å². The van der Waals surface area contributed by atoms with Crippen LogP contribution in [0.2, 0.25) is 0 Å². The summed E-state index contributed by atoms with van der Waals surface area (Å²) >= 11 is 0.656. The molecule has 0 unspecified atom stereocenters. The second-order valence-corrected chi connectivity index (χ2v) is 6.39. The molecule has 0 heterocycles. The van der Waals surface area contributed by atoms with Crippen LogP contribution in [0, 0.1) is 0 Å². The SMILES string of the molecule is CSc1cc(S(F)(F)(F)(F)F)ccc1C(=O)O. The van der Waals surface area contributed by atoms with E-state index < -0.39 is 26.7 Å². The number of hydrogen-bond acceptors (Lipinski definition) is 2. The van der Waals surface area contributed by atoms with Gasteiger partial charge in [0, 0.05) is 4.90 Å². The zero-order chi connectivity index (χ0) is 13.5. The minimum absolute atomic E-state index is 0.0880. The van der Waals surface area contributed by atoms with E-state index in [-0.39, 0.29) is 17.0 Å². The lowest BCUT2D eigenvalue weighted by Crippen LogP contribution is -2.08. The Morgan fingerprint density at radius 2 is 1.76 bits per heavy atom. The molecular formula is C8H7F5O2S2. The lowest BCUT2D eigenvalue weighted by Gasteiger charge is -2.40. The van der Waals surface area contributed by atoms with Gasteiger partial charge in [-0.3, -0.25) is 0 Å². The zero-order valence-electron chi connectivity index (χ0n) is 8.29. The van der Waals surface area contributed by atoms with Crippen molar-refractivity contribution in [3.8, 4) is 0 Å².